The Labute approximate surface area is 101 Å². The molecule has 5 aliphatic carbocycles. The molecular formula is C14H18O3. The van der Waals surface area contributed by atoms with Gasteiger partial charge in [-0.2, -0.15) is 0 Å². The summed E-state index contributed by atoms with van der Waals surface area (Å²) in [7, 11) is 1.47. The lowest BCUT2D eigenvalue weighted by Gasteiger charge is -2.31. The van der Waals surface area contributed by atoms with Crippen LogP contribution in [0.2, 0.25) is 0 Å². The summed E-state index contributed by atoms with van der Waals surface area (Å²) < 4.78 is 5.06. The lowest BCUT2D eigenvalue weighted by atomic mass is 9.75. The van der Waals surface area contributed by atoms with Gasteiger partial charge in [0.25, 0.3) is 0 Å². The fourth-order valence-electron chi connectivity index (χ4n) is 5.87. The molecule has 92 valence electrons. The summed E-state index contributed by atoms with van der Waals surface area (Å²) in [6.07, 6.45) is 8.98. The average Bonchev–Trinajstić information content (AvgIpc) is 2.75. The molecule has 3 heteroatoms. The predicted molar refractivity (Wildman–Crippen MR) is 61.0 cm³/mol. The van der Waals surface area contributed by atoms with Crippen molar-refractivity contribution >= 4 is 5.97 Å². The normalized spacial score (nSPS) is 57.5. The first-order valence-electron chi connectivity index (χ1n) is 6.60. The van der Waals surface area contributed by atoms with E-state index in [-0.39, 0.29) is 22.9 Å². The van der Waals surface area contributed by atoms with E-state index in [4.69, 9.17) is 4.74 Å². The van der Waals surface area contributed by atoms with E-state index < -0.39 is 5.41 Å². The van der Waals surface area contributed by atoms with Crippen molar-refractivity contribution in [2.75, 3.05) is 7.11 Å². The Kier molecular flexibility index (Phi) is 1.55. The highest BCUT2D eigenvalue weighted by molar-refractivity contribution is 5.89. The molecule has 2 spiro atoms. The minimum absolute atomic E-state index is 0.0319. The fraction of sp³-hybridized carbons (Fsp3) is 0.786. The van der Waals surface area contributed by atoms with Crippen LogP contribution < -0.4 is 0 Å². The van der Waals surface area contributed by atoms with E-state index in [1.807, 2.05) is 0 Å². The van der Waals surface area contributed by atoms with Crippen molar-refractivity contribution in [2.45, 2.75) is 38.2 Å². The van der Waals surface area contributed by atoms with E-state index in [1.54, 1.807) is 0 Å². The Hall–Kier alpha value is -0.830. The van der Waals surface area contributed by atoms with E-state index in [9.17, 15) is 9.90 Å². The summed E-state index contributed by atoms with van der Waals surface area (Å²) in [6, 6.07) is 0. The molecule has 3 saturated carbocycles. The SMILES string of the molecule is COC(=O)C12C=C[C@@H]3CC14CCCC(O)[C@@]42C3. The van der Waals surface area contributed by atoms with Gasteiger partial charge in [0.05, 0.1) is 13.2 Å². The highest BCUT2D eigenvalue weighted by Gasteiger charge is 2.94. The molecule has 0 aromatic heterocycles. The second-order valence-corrected chi connectivity index (χ2v) is 6.29. The number of rotatable bonds is 1. The van der Waals surface area contributed by atoms with Crippen molar-refractivity contribution in [1.82, 2.24) is 0 Å². The van der Waals surface area contributed by atoms with E-state index in [0.29, 0.717) is 5.92 Å². The summed E-state index contributed by atoms with van der Waals surface area (Å²) in [5.74, 6) is 0.460. The monoisotopic (exact) mass is 234 g/mol. The smallest absolute Gasteiger partial charge is 0.316 e. The molecule has 5 aliphatic rings. The van der Waals surface area contributed by atoms with E-state index >= 15 is 0 Å². The number of carbonyl (C=O) groups is 1. The van der Waals surface area contributed by atoms with Crippen molar-refractivity contribution in [3.05, 3.63) is 12.2 Å². The molecule has 3 nitrogen and oxygen atoms in total. The molecule has 0 aromatic rings. The predicted octanol–water partition coefficient (Wildman–Crippen LogP) is 1.66. The fourth-order valence-corrected chi connectivity index (χ4v) is 5.87. The first kappa shape index (κ1) is 10.1. The van der Waals surface area contributed by atoms with E-state index in [0.717, 1.165) is 32.1 Å². The maximum atomic E-state index is 12.3. The number of aliphatic hydroxyl groups excluding tert-OH is 1. The molecule has 0 heterocycles. The summed E-state index contributed by atoms with van der Waals surface area (Å²) in [5.41, 5.74) is -0.631. The number of aliphatic hydroxyl groups is 1. The number of hydrogen-bond donors (Lipinski definition) is 1. The zero-order valence-corrected chi connectivity index (χ0v) is 10.1. The zero-order chi connectivity index (χ0) is 11.9. The van der Waals surface area contributed by atoms with Gasteiger partial charge in [0.1, 0.15) is 5.41 Å². The molecule has 3 fully saturated rings. The van der Waals surface area contributed by atoms with Crippen LogP contribution in [0.1, 0.15) is 32.1 Å². The van der Waals surface area contributed by atoms with Crippen LogP contribution in [0.3, 0.4) is 0 Å². The van der Waals surface area contributed by atoms with Crippen molar-refractivity contribution in [3.8, 4) is 0 Å². The van der Waals surface area contributed by atoms with Crippen LogP contribution in [-0.4, -0.2) is 24.3 Å². The third-order valence-corrected chi connectivity index (χ3v) is 6.22. The summed E-state index contributed by atoms with van der Waals surface area (Å²) in [4.78, 5) is 12.3. The number of hydrogen-bond acceptors (Lipinski definition) is 3. The van der Waals surface area contributed by atoms with Crippen LogP contribution in [0.4, 0.5) is 0 Å². The summed E-state index contributed by atoms with van der Waals surface area (Å²) in [5, 5.41) is 10.5. The molecule has 0 aromatic carbocycles. The Bertz CT molecular complexity index is 443. The largest absolute Gasteiger partial charge is 0.468 e. The second-order valence-electron chi connectivity index (χ2n) is 6.29. The Morgan fingerprint density at radius 3 is 3.00 bits per heavy atom. The summed E-state index contributed by atoms with van der Waals surface area (Å²) in [6.45, 7) is 0. The van der Waals surface area contributed by atoms with Crippen molar-refractivity contribution < 1.29 is 14.6 Å². The van der Waals surface area contributed by atoms with Gasteiger partial charge in [-0.15, -0.1) is 0 Å². The maximum Gasteiger partial charge on any atom is 0.316 e. The van der Waals surface area contributed by atoms with Gasteiger partial charge >= 0.3 is 5.97 Å². The molecule has 5 rings (SSSR count). The molecular weight excluding hydrogens is 216 g/mol. The molecule has 0 aliphatic heterocycles. The number of allylic oxidation sites excluding steroid dienone is 1. The highest BCUT2D eigenvalue weighted by atomic mass is 16.5. The lowest BCUT2D eigenvalue weighted by Crippen LogP contribution is -2.35. The van der Waals surface area contributed by atoms with Crippen LogP contribution in [0.5, 0.6) is 0 Å². The Morgan fingerprint density at radius 1 is 1.47 bits per heavy atom. The molecule has 5 atom stereocenters. The maximum absolute atomic E-state index is 12.3. The molecule has 1 N–H and O–H groups in total. The van der Waals surface area contributed by atoms with Crippen LogP contribution in [-0.2, 0) is 9.53 Å². The second kappa shape index (κ2) is 2.61. The van der Waals surface area contributed by atoms with Crippen molar-refractivity contribution in [2.24, 2.45) is 22.2 Å². The van der Waals surface area contributed by atoms with Gasteiger partial charge in [0.15, 0.2) is 0 Å². The Morgan fingerprint density at radius 2 is 2.29 bits per heavy atom. The van der Waals surface area contributed by atoms with E-state index in [2.05, 4.69) is 12.2 Å². The van der Waals surface area contributed by atoms with Gasteiger partial charge in [0, 0.05) is 10.8 Å². The first-order chi connectivity index (χ1) is 8.14. The molecule has 17 heavy (non-hydrogen) atoms. The lowest BCUT2D eigenvalue weighted by molar-refractivity contribution is -0.149. The minimum Gasteiger partial charge on any atom is -0.468 e. The van der Waals surface area contributed by atoms with Gasteiger partial charge in [-0.1, -0.05) is 18.6 Å². The number of methoxy groups -OCH3 is 1. The number of ether oxygens (including phenoxy) is 1. The molecule has 0 amide bonds. The van der Waals surface area contributed by atoms with Crippen LogP contribution in [0.15, 0.2) is 12.2 Å². The minimum atomic E-state index is -0.487. The van der Waals surface area contributed by atoms with Crippen molar-refractivity contribution in [1.29, 1.82) is 0 Å². The van der Waals surface area contributed by atoms with Crippen LogP contribution >= 0.6 is 0 Å². The quantitative estimate of drug-likeness (QED) is 0.554. The third kappa shape index (κ3) is 0.703. The third-order valence-electron chi connectivity index (χ3n) is 6.22. The van der Waals surface area contributed by atoms with Gasteiger partial charge in [0.2, 0.25) is 0 Å². The standard InChI is InChI=1S/C14H18O3/c1-17-11(16)13-6-4-9-7-12(13)5-2-3-10(15)14(12,13)8-9/h4,6,9-10,15H,2-3,5,7-8H2,1H3/t9-,10?,12?,13?,14+/m1/s1. The average molecular weight is 234 g/mol. The zero-order valence-electron chi connectivity index (χ0n) is 10.1. The van der Waals surface area contributed by atoms with E-state index in [1.165, 1.54) is 7.11 Å². The summed E-state index contributed by atoms with van der Waals surface area (Å²) >= 11 is 0. The first-order valence-corrected chi connectivity index (χ1v) is 6.60. The number of carbonyl (C=O) groups excluding carboxylic acids is 1. The Balaban J connectivity index is 1.93. The van der Waals surface area contributed by atoms with Gasteiger partial charge in [-0.25, -0.2) is 0 Å². The molecule has 0 saturated heterocycles. The molecule has 3 unspecified atom stereocenters. The van der Waals surface area contributed by atoms with Crippen LogP contribution in [0.25, 0.3) is 0 Å². The molecule has 0 radical (unpaired) electrons. The highest BCUT2D eigenvalue weighted by Crippen LogP contribution is 2.93. The van der Waals surface area contributed by atoms with Gasteiger partial charge in [-0.05, 0) is 31.6 Å². The van der Waals surface area contributed by atoms with Crippen molar-refractivity contribution in [3.63, 3.8) is 0 Å². The van der Waals surface area contributed by atoms with Crippen LogP contribution in [0, 0.1) is 22.2 Å². The topological polar surface area (TPSA) is 46.5 Å². The molecule has 4 bridgehead atoms. The van der Waals surface area contributed by atoms with Gasteiger partial charge in [-0.3, -0.25) is 4.79 Å². The van der Waals surface area contributed by atoms with Gasteiger partial charge < -0.3 is 9.84 Å². The number of esters is 1.